The minimum Gasteiger partial charge on any atom is -0.566 e. The fraction of sp³-hybridized carbons (Fsp3) is 1.00. The monoisotopic (exact) mass is 658 g/mol. The van der Waals surface area contributed by atoms with Gasteiger partial charge in [-0.15, -0.1) is 9.05 Å². The van der Waals surface area contributed by atoms with Crippen molar-refractivity contribution in [2.24, 2.45) is 0 Å². The second-order valence-electron chi connectivity index (χ2n) is 10.6. The first-order chi connectivity index (χ1) is 18.5. The molecule has 0 rings (SSSR count). The van der Waals surface area contributed by atoms with Crippen LogP contribution < -0.4 is 113 Å². The molecule has 0 aromatic heterocycles. The molecule has 0 N–H and O–H groups in total. The maximum atomic E-state index is 10.1. The van der Waals surface area contributed by atoms with Crippen LogP contribution in [0.4, 0.5) is 0 Å². The normalized spacial score (nSPS) is 11.2. The average molecular weight is 659 g/mol. The molecule has 10 heteroatoms. The van der Waals surface area contributed by atoms with E-state index in [1.54, 1.807) is 0 Å². The maximum Gasteiger partial charge on any atom is 1.00 e. The second kappa shape index (κ2) is 46.7. The molecule has 0 spiro atoms. The standard InChI is InChI=1S/2C15H31O3P.2K/c2*1-2-3-4-5-6-7-8-9-10-11-12-13-14-15-18-19(16)17;;/h2*2-15H2,1H3;;/q;;2*+1. The van der Waals surface area contributed by atoms with Gasteiger partial charge in [0.05, 0.1) is 0 Å². The molecule has 0 heterocycles. The van der Waals surface area contributed by atoms with Gasteiger partial charge in [-0.05, 0) is 22.0 Å². The van der Waals surface area contributed by atoms with Crippen LogP contribution in [0.25, 0.3) is 0 Å². The summed E-state index contributed by atoms with van der Waals surface area (Å²) >= 11 is 0. The van der Waals surface area contributed by atoms with Crippen molar-refractivity contribution in [3.63, 3.8) is 0 Å². The van der Waals surface area contributed by atoms with Crippen molar-refractivity contribution in [3.8, 4) is 0 Å². The van der Waals surface area contributed by atoms with Crippen molar-refractivity contribution in [3.05, 3.63) is 0 Å². The molecule has 0 aromatic rings. The summed E-state index contributed by atoms with van der Waals surface area (Å²) in [6.45, 7) is 5.23. The Morgan fingerprint density at radius 1 is 0.375 bits per heavy atom. The molecule has 0 fully saturated rings. The van der Waals surface area contributed by atoms with Gasteiger partial charge in [-0.3, -0.25) is 0 Å². The fourth-order valence-electron chi connectivity index (χ4n) is 4.52. The summed E-state index contributed by atoms with van der Waals surface area (Å²) in [5.41, 5.74) is 0. The van der Waals surface area contributed by atoms with Crippen LogP contribution in [0.5, 0.6) is 0 Å². The Labute approximate surface area is 336 Å². The molecule has 0 bridgehead atoms. The Kier molecular flexibility index (Phi) is 58.6. The molecular formula is C30H62K2O6P2+2. The number of hydrogen-bond donors (Lipinski definition) is 0. The van der Waals surface area contributed by atoms with E-state index in [9.17, 15) is 18.9 Å². The zero-order valence-corrected chi connectivity index (χ0v) is 35.2. The van der Waals surface area contributed by atoms with Gasteiger partial charge in [-0.2, -0.15) is 0 Å². The van der Waals surface area contributed by atoms with Gasteiger partial charge < -0.3 is 9.79 Å². The smallest absolute Gasteiger partial charge is 0.566 e. The zero-order valence-electron chi connectivity index (χ0n) is 27.1. The molecule has 2 atom stereocenters. The molecule has 6 nitrogen and oxygen atoms in total. The second-order valence-corrected chi connectivity index (χ2v) is 12.0. The molecule has 0 amide bonds. The van der Waals surface area contributed by atoms with E-state index in [1.807, 2.05) is 0 Å². The number of unbranched alkanes of at least 4 members (excludes halogenated alkanes) is 24. The van der Waals surface area contributed by atoms with Gasteiger partial charge in [0.25, 0.3) is 0 Å². The third kappa shape index (κ3) is 53.8. The summed E-state index contributed by atoms with van der Waals surface area (Å²) in [7, 11) is -5.28. The van der Waals surface area contributed by atoms with Gasteiger partial charge in [0.2, 0.25) is 0 Å². The number of rotatable bonds is 30. The van der Waals surface area contributed by atoms with E-state index in [1.165, 1.54) is 141 Å². The molecule has 0 aromatic carbocycles. The van der Waals surface area contributed by atoms with E-state index in [4.69, 9.17) is 0 Å². The minimum absolute atomic E-state index is 0. The number of hydrogen-bond acceptors (Lipinski definition) is 6. The van der Waals surface area contributed by atoms with Crippen molar-refractivity contribution >= 4 is 16.5 Å². The van der Waals surface area contributed by atoms with E-state index in [-0.39, 0.29) is 103 Å². The first kappa shape index (κ1) is 50.2. The third-order valence-corrected chi connectivity index (χ3v) is 7.68. The summed E-state index contributed by atoms with van der Waals surface area (Å²) < 4.78 is 29.3. The molecule has 2 unspecified atom stereocenters. The molecular weight excluding hydrogens is 596 g/mol. The van der Waals surface area contributed by atoms with E-state index in [0.717, 1.165) is 25.7 Å². The third-order valence-electron chi connectivity index (χ3n) is 6.89. The van der Waals surface area contributed by atoms with Gasteiger partial charge in [0.1, 0.15) is 13.2 Å². The van der Waals surface area contributed by atoms with Gasteiger partial charge in [0.15, 0.2) is 0 Å². The summed E-state index contributed by atoms with van der Waals surface area (Å²) in [5.74, 6) is 0. The van der Waals surface area contributed by atoms with Crippen molar-refractivity contribution in [2.45, 2.75) is 181 Å². The van der Waals surface area contributed by atoms with Crippen molar-refractivity contribution in [1.82, 2.24) is 0 Å². The Morgan fingerprint density at radius 2 is 0.550 bits per heavy atom. The van der Waals surface area contributed by atoms with Crippen LogP contribution in [0, 0.1) is 0 Å². The van der Waals surface area contributed by atoms with Crippen LogP contribution in [0.3, 0.4) is 0 Å². The molecule has 0 saturated heterocycles. The van der Waals surface area contributed by atoms with Crippen LogP contribution in [-0.4, -0.2) is 13.2 Å². The van der Waals surface area contributed by atoms with Crippen LogP contribution in [-0.2, 0) is 18.2 Å². The van der Waals surface area contributed by atoms with Crippen molar-refractivity contribution in [1.29, 1.82) is 0 Å². The summed E-state index contributed by atoms with van der Waals surface area (Å²) in [5, 5.41) is 0. The van der Waals surface area contributed by atoms with E-state index >= 15 is 0 Å². The van der Waals surface area contributed by atoms with Crippen molar-refractivity contribution in [2.75, 3.05) is 13.2 Å². The summed E-state index contributed by atoms with van der Waals surface area (Å²) in [6.07, 6.45) is 33.7. The molecule has 40 heavy (non-hydrogen) atoms. The maximum absolute atomic E-state index is 10.1. The van der Waals surface area contributed by atoms with Crippen LogP contribution >= 0.6 is 16.5 Å². The van der Waals surface area contributed by atoms with Crippen LogP contribution in [0.15, 0.2) is 0 Å². The predicted molar refractivity (Wildman–Crippen MR) is 159 cm³/mol. The van der Waals surface area contributed by atoms with Crippen LogP contribution in [0.1, 0.15) is 181 Å². The molecule has 228 valence electrons. The topological polar surface area (TPSA) is 98.7 Å². The predicted octanol–water partition coefficient (Wildman–Crippen LogP) is 4.23. The van der Waals surface area contributed by atoms with Gasteiger partial charge in [0, 0.05) is 0 Å². The van der Waals surface area contributed by atoms with Gasteiger partial charge >= 0.3 is 119 Å². The first-order valence-corrected chi connectivity index (χ1v) is 18.3. The zero-order chi connectivity index (χ0) is 28.4. The van der Waals surface area contributed by atoms with Crippen LogP contribution in [0.2, 0.25) is 0 Å². The Hall–Kier alpha value is 3.31. The molecule has 0 radical (unpaired) electrons. The molecule has 0 aliphatic rings. The quantitative estimate of drug-likeness (QED) is 0.0651. The first-order valence-electron chi connectivity index (χ1n) is 16.1. The summed E-state index contributed by atoms with van der Waals surface area (Å²) in [4.78, 5) is 20.3. The Balaban J connectivity index is -0.000000309. The minimum atomic E-state index is -2.64. The SMILES string of the molecule is CCCCCCCCCCCCCCCO[P+](=O)[O-].CCCCCCCCCCCCCCCO[P+](=O)[O-].[K+].[K+]. The van der Waals surface area contributed by atoms with Gasteiger partial charge in [-0.1, -0.05) is 168 Å². The molecule has 0 aliphatic heterocycles. The van der Waals surface area contributed by atoms with E-state index in [2.05, 4.69) is 22.9 Å². The average Bonchev–Trinajstić information content (AvgIpc) is 2.89. The molecule has 0 saturated carbocycles. The largest absolute Gasteiger partial charge is 1.00 e. The molecule has 0 aliphatic carbocycles. The fourth-order valence-corrected chi connectivity index (χ4v) is 5.07. The Morgan fingerprint density at radius 3 is 0.725 bits per heavy atom. The Bertz CT molecular complexity index is 449. The van der Waals surface area contributed by atoms with Crippen molar-refractivity contribution < 1.29 is 131 Å². The van der Waals surface area contributed by atoms with E-state index < -0.39 is 16.5 Å². The van der Waals surface area contributed by atoms with Gasteiger partial charge in [-0.25, -0.2) is 0 Å². The summed E-state index contributed by atoms with van der Waals surface area (Å²) in [6, 6.07) is 0. The van der Waals surface area contributed by atoms with E-state index in [0.29, 0.717) is 13.2 Å².